The van der Waals surface area contributed by atoms with Crippen molar-refractivity contribution in [2.24, 2.45) is 0 Å². The molecule has 27 heavy (non-hydrogen) atoms. The number of benzene rings is 3. The molecule has 1 aliphatic carbocycles. The van der Waals surface area contributed by atoms with Gasteiger partial charge >= 0.3 is 5.97 Å². The SMILES string of the molecule is O=C(C[C@H]1OC(=O)c2ccccc21)Nc1ccc2c(c1)Cc1ccccc1-2. The van der Waals surface area contributed by atoms with Crippen LogP contribution < -0.4 is 5.32 Å². The molecule has 0 radical (unpaired) electrons. The summed E-state index contributed by atoms with van der Waals surface area (Å²) in [5.41, 5.74) is 7.11. The number of anilines is 1. The van der Waals surface area contributed by atoms with E-state index in [1.54, 1.807) is 12.1 Å². The maximum Gasteiger partial charge on any atom is 0.339 e. The molecule has 3 aromatic rings. The van der Waals surface area contributed by atoms with Gasteiger partial charge in [-0.25, -0.2) is 4.79 Å². The number of hydrogen-bond donors (Lipinski definition) is 1. The van der Waals surface area contributed by atoms with Crippen molar-refractivity contribution < 1.29 is 14.3 Å². The fraction of sp³-hybridized carbons (Fsp3) is 0.130. The fourth-order valence-corrected chi connectivity index (χ4v) is 3.97. The Balaban J connectivity index is 1.32. The molecule has 132 valence electrons. The first-order valence-corrected chi connectivity index (χ1v) is 9.00. The summed E-state index contributed by atoms with van der Waals surface area (Å²) in [6.45, 7) is 0. The lowest BCUT2D eigenvalue weighted by Gasteiger charge is -2.12. The van der Waals surface area contributed by atoms with Crippen molar-refractivity contribution in [1.82, 2.24) is 0 Å². The smallest absolute Gasteiger partial charge is 0.339 e. The van der Waals surface area contributed by atoms with E-state index in [9.17, 15) is 9.59 Å². The molecule has 0 unspecified atom stereocenters. The Morgan fingerprint density at radius 3 is 2.56 bits per heavy atom. The van der Waals surface area contributed by atoms with Crippen molar-refractivity contribution in [2.75, 3.05) is 5.32 Å². The summed E-state index contributed by atoms with van der Waals surface area (Å²) in [7, 11) is 0. The van der Waals surface area contributed by atoms with Crippen molar-refractivity contribution in [2.45, 2.75) is 18.9 Å². The Labute approximate surface area is 156 Å². The minimum Gasteiger partial charge on any atom is -0.453 e. The van der Waals surface area contributed by atoms with Gasteiger partial charge in [-0.15, -0.1) is 0 Å². The highest BCUT2D eigenvalue weighted by Gasteiger charge is 2.32. The maximum atomic E-state index is 12.5. The summed E-state index contributed by atoms with van der Waals surface area (Å²) in [5.74, 6) is -0.529. The van der Waals surface area contributed by atoms with Crippen LogP contribution in [0, 0.1) is 0 Å². The minimum absolute atomic E-state index is 0.111. The molecule has 1 N–H and O–H groups in total. The lowest BCUT2D eigenvalue weighted by atomic mass is 10.0. The van der Waals surface area contributed by atoms with Crippen molar-refractivity contribution in [1.29, 1.82) is 0 Å². The Morgan fingerprint density at radius 1 is 0.926 bits per heavy atom. The van der Waals surface area contributed by atoms with E-state index in [1.807, 2.05) is 36.4 Å². The zero-order valence-corrected chi connectivity index (χ0v) is 14.6. The molecule has 0 aromatic heterocycles. The van der Waals surface area contributed by atoms with Gasteiger partial charge < -0.3 is 10.1 Å². The highest BCUT2D eigenvalue weighted by molar-refractivity contribution is 5.96. The van der Waals surface area contributed by atoms with Crippen LogP contribution in [0.25, 0.3) is 11.1 Å². The molecule has 0 saturated heterocycles. The van der Waals surface area contributed by atoms with E-state index in [0.29, 0.717) is 5.56 Å². The second-order valence-corrected chi connectivity index (χ2v) is 6.94. The van der Waals surface area contributed by atoms with Crippen molar-refractivity contribution >= 4 is 17.6 Å². The van der Waals surface area contributed by atoms with Gasteiger partial charge in [0.05, 0.1) is 12.0 Å². The average Bonchev–Trinajstić information content (AvgIpc) is 3.19. The second kappa shape index (κ2) is 6.09. The highest BCUT2D eigenvalue weighted by atomic mass is 16.5. The fourth-order valence-electron chi connectivity index (χ4n) is 3.97. The molecule has 4 nitrogen and oxygen atoms in total. The third-order valence-electron chi connectivity index (χ3n) is 5.23. The zero-order valence-electron chi connectivity index (χ0n) is 14.6. The minimum atomic E-state index is -0.521. The summed E-state index contributed by atoms with van der Waals surface area (Å²) < 4.78 is 5.36. The van der Waals surface area contributed by atoms with Gasteiger partial charge in [0, 0.05) is 11.3 Å². The predicted molar refractivity (Wildman–Crippen MR) is 103 cm³/mol. The molecule has 1 heterocycles. The first-order chi connectivity index (χ1) is 13.2. The lowest BCUT2D eigenvalue weighted by molar-refractivity contribution is -0.118. The summed E-state index contributed by atoms with van der Waals surface area (Å²) in [4.78, 5) is 24.4. The van der Waals surface area contributed by atoms with Crippen LogP contribution in [-0.4, -0.2) is 11.9 Å². The number of carbonyl (C=O) groups is 2. The number of rotatable bonds is 3. The van der Waals surface area contributed by atoms with Crippen molar-refractivity contribution in [3.63, 3.8) is 0 Å². The number of fused-ring (bicyclic) bond motifs is 4. The maximum absolute atomic E-state index is 12.5. The number of nitrogens with one attached hydrogen (secondary N) is 1. The Bertz CT molecular complexity index is 1090. The van der Waals surface area contributed by atoms with Crippen LogP contribution in [0.4, 0.5) is 5.69 Å². The van der Waals surface area contributed by atoms with E-state index in [2.05, 4.69) is 23.5 Å². The topological polar surface area (TPSA) is 55.4 Å². The van der Waals surface area contributed by atoms with Crippen LogP contribution in [0.3, 0.4) is 0 Å². The van der Waals surface area contributed by atoms with Crippen molar-refractivity contribution in [3.05, 3.63) is 89.0 Å². The van der Waals surface area contributed by atoms with Gasteiger partial charge in [-0.05, 0) is 46.9 Å². The quantitative estimate of drug-likeness (QED) is 0.551. The van der Waals surface area contributed by atoms with Crippen LogP contribution in [0.15, 0.2) is 66.7 Å². The van der Waals surface area contributed by atoms with Gasteiger partial charge in [0.25, 0.3) is 0 Å². The first kappa shape index (κ1) is 15.8. The number of esters is 1. The van der Waals surface area contributed by atoms with Crippen molar-refractivity contribution in [3.8, 4) is 11.1 Å². The molecule has 0 fully saturated rings. The summed E-state index contributed by atoms with van der Waals surface area (Å²) >= 11 is 0. The van der Waals surface area contributed by atoms with Crippen LogP contribution in [0.5, 0.6) is 0 Å². The van der Waals surface area contributed by atoms with Gasteiger partial charge in [0.1, 0.15) is 6.10 Å². The Morgan fingerprint density at radius 2 is 1.67 bits per heavy atom. The molecular formula is C23H17NO3. The second-order valence-electron chi connectivity index (χ2n) is 6.94. The molecule has 1 atom stereocenters. The van der Waals surface area contributed by atoms with E-state index in [4.69, 9.17) is 4.74 Å². The largest absolute Gasteiger partial charge is 0.453 e. The number of ether oxygens (including phenoxy) is 1. The molecule has 0 saturated carbocycles. The zero-order chi connectivity index (χ0) is 18.4. The molecule has 0 spiro atoms. The van der Waals surface area contributed by atoms with E-state index in [1.165, 1.54) is 22.3 Å². The van der Waals surface area contributed by atoms with Crippen LogP contribution in [-0.2, 0) is 16.0 Å². The molecule has 2 aliphatic rings. The summed E-state index contributed by atoms with van der Waals surface area (Å²) in [6, 6.07) is 21.6. The number of cyclic esters (lactones) is 1. The third kappa shape index (κ3) is 2.70. The first-order valence-electron chi connectivity index (χ1n) is 9.00. The monoisotopic (exact) mass is 355 g/mol. The normalized spacial score (nSPS) is 16.3. The number of carbonyl (C=O) groups excluding carboxylic acids is 2. The van der Waals surface area contributed by atoms with Crippen LogP contribution in [0.2, 0.25) is 0 Å². The van der Waals surface area contributed by atoms with Crippen LogP contribution in [0.1, 0.15) is 39.6 Å². The van der Waals surface area contributed by atoms with E-state index >= 15 is 0 Å². The van der Waals surface area contributed by atoms with Gasteiger partial charge in [-0.1, -0.05) is 48.5 Å². The predicted octanol–water partition coefficient (Wildman–Crippen LogP) is 4.50. The molecule has 5 rings (SSSR count). The molecule has 0 bridgehead atoms. The number of amides is 1. The lowest BCUT2D eigenvalue weighted by Crippen LogP contribution is -2.15. The molecular weight excluding hydrogens is 338 g/mol. The molecule has 4 heteroatoms. The third-order valence-corrected chi connectivity index (χ3v) is 5.23. The van der Waals surface area contributed by atoms with Gasteiger partial charge in [-0.3, -0.25) is 4.79 Å². The molecule has 1 aliphatic heterocycles. The average molecular weight is 355 g/mol. The van der Waals surface area contributed by atoms with E-state index in [0.717, 1.165) is 17.7 Å². The van der Waals surface area contributed by atoms with Gasteiger partial charge in [-0.2, -0.15) is 0 Å². The molecule has 3 aromatic carbocycles. The Kier molecular flexibility index (Phi) is 3.57. The number of hydrogen-bond acceptors (Lipinski definition) is 3. The van der Waals surface area contributed by atoms with Crippen LogP contribution >= 0.6 is 0 Å². The van der Waals surface area contributed by atoms with E-state index < -0.39 is 6.10 Å². The summed E-state index contributed by atoms with van der Waals surface area (Å²) in [6.07, 6.45) is 0.468. The van der Waals surface area contributed by atoms with Gasteiger partial charge in [0.15, 0.2) is 0 Å². The van der Waals surface area contributed by atoms with E-state index in [-0.39, 0.29) is 18.3 Å². The van der Waals surface area contributed by atoms with Gasteiger partial charge in [0.2, 0.25) is 5.91 Å². The molecule has 1 amide bonds. The highest BCUT2D eigenvalue weighted by Crippen LogP contribution is 2.38. The standard InChI is InChI=1S/C23H17NO3/c25-22(13-21-19-7-3-4-8-20(19)23(26)27-21)24-16-9-10-18-15(12-16)11-14-5-1-2-6-17(14)18/h1-10,12,21H,11,13H2,(H,24,25)/t21-/m1/s1. The summed E-state index contributed by atoms with van der Waals surface area (Å²) in [5, 5.41) is 2.94. The Hall–Kier alpha value is -3.40.